The summed E-state index contributed by atoms with van der Waals surface area (Å²) in [6, 6.07) is 9.59. The van der Waals surface area contributed by atoms with Crippen molar-refractivity contribution >= 4 is 39.3 Å². The zero-order valence-electron chi connectivity index (χ0n) is 14.8. The zero-order chi connectivity index (χ0) is 20.0. The predicted molar refractivity (Wildman–Crippen MR) is 104 cm³/mol. The summed E-state index contributed by atoms with van der Waals surface area (Å²) in [5.74, 6) is 0.317. The number of hydrazine groups is 1. The first-order valence-corrected chi connectivity index (χ1v) is 8.96. The van der Waals surface area contributed by atoms with E-state index in [0.29, 0.717) is 32.3 Å². The molecule has 0 radical (unpaired) electrons. The van der Waals surface area contributed by atoms with E-state index in [1.54, 1.807) is 37.3 Å². The van der Waals surface area contributed by atoms with Crippen molar-refractivity contribution in [1.82, 2.24) is 10.9 Å². The maximum Gasteiger partial charge on any atom is 0.279 e. The van der Waals surface area contributed by atoms with E-state index < -0.39 is 17.9 Å². The Hall–Kier alpha value is -2.45. The van der Waals surface area contributed by atoms with Gasteiger partial charge in [0.05, 0.1) is 18.7 Å². The summed E-state index contributed by atoms with van der Waals surface area (Å²) in [6.45, 7) is 1.55. The number of nitrogens with one attached hydrogen (secondary N) is 2. The van der Waals surface area contributed by atoms with Crippen LogP contribution in [-0.4, -0.2) is 32.1 Å². The lowest BCUT2D eigenvalue weighted by molar-refractivity contribution is -0.128. The highest BCUT2D eigenvalue weighted by molar-refractivity contribution is 9.10. The fraction of sp³-hybridized carbons (Fsp3) is 0.222. The van der Waals surface area contributed by atoms with Crippen LogP contribution in [0.15, 0.2) is 40.9 Å². The second kappa shape index (κ2) is 9.48. The van der Waals surface area contributed by atoms with Crippen molar-refractivity contribution in [1.29, 1.82) is 0 Å². The normalized spacial score (nSPS) is 11.3. The Morgan fingerprint density at radius 3 is 2.30 bits per heavy atom. The smallest absolute Gasteiger partial charge is 0.279 e. The van der Waals surface area contributed by atoms with E-state index in [1.165, 1.54) is 20.3 Å². The van der Waals surface area contributed by atoms with E-state index >= 15 is 0 Å². The van der Waals surface area contributed by atoms with Gasteiger partial charge in [0.15, 0.2) is 17.6 Å². The number of carbonyl (C=O) groups is 2. The van der Waals surface area contributed by atoms with Crippen molar-refractivity contribution in [3.63, 3.8) is 0 Å². The summed E-state index contributed by atoms with van der Waals surface area (Å²) < 4.78 is 16.4. The van der Waals surface area contributed by atoms with Crippen LogP contribution in [0, 0.1) is 0 Å². The van der Waals surface area contributed by atoms with Gasteiger partial charge in [-0.3, -0.25) is 20.4 Å². The van der Waals surface area contributed by atoms with Crippen molar-refractivity contribution in [2.75, 3.05) is 14.2 Å². The number of benzene rings is 2. The minimum Gasteiger partial charge on any atom is -0.493 e. The lowest BCUT2D eigenvalue weighted by Gasteiger charge is -2.16. The highest BCUT2D eigenvalue weighted by Crippen LogP contribution is 2.29. The van der Waals surface area contributed by atoms with E-state index in [-0.39, 0.29) is 0 Å². The van der Waals surface area contributed by atoms with Gasteiger partial charge < -0.3 is 14.2 Å². The fourth-order valence-corrected chi connectivity index (χ4v) is 2.86. The molecule has 0 aliphatic carbocycles. The molecule has 7 nitrogen and oxygen atoms in total. The number of amides is 2. The van der Waals surface area contributed by atoms with Gasteiger partial charge in [-0.1, -0.05) is 11.6 Å². The largest absolute Gasteiger partial charge is 0.493 e. The molecule has 0 aliphatic heterocycles. The molecule has 1 unspecified atom stereocenters. The zero-order valence-corrected chi connectivity index (χ0v) is 17.2. The van der Waals surface area contributed by atoms with E-state index in [4.69, 9.17) is 25.8 Å². The maximum absolute atomic E-state index is 12.2. The van der Waals surface area contributed by atoms with Crippen molar-refractivity contribution in [3.05, 3.63) is 51.5 Å². The maximum atomic E-state index is 12.2. The second-order valence-electron chi connectivity index (χ2n) is 5.35. The van der Waals surface area contributed by atoms with Gasteiger partial charge >= 0.3 is 0 Å². The van der Waals surface area contributed by atoms with Crippen LogP contribution >= 0.6 is 27.5 Å². The van der Waals surface area contributed by atoms with Crippen LogP contribution in [0.4, 0.5) is 0 Å². The second-order valence-corrected chi connectivity index (χ2v) is 6.64. The molecule has 1 atom stereocenters. The molecule has 2 N–H and O–H groups in total. The fourth-order valence-electron chi connectivity index (χ4n) is 2.08. The molecule has 2 aromatic carbocycles. The Kier molecular flexibility index (Phi) is 7.32. The Morgan fingerprint density at radius 1 is 1.00 bits per heavy atom. The van der Waals surface area contributed by atoms with Crippen LogP contribution in [-0.2, 0) is 4.79 Å². The highest BCUT2D eigenvalue weighted by Gasteiger charge is 2.18. The number of methoxy groups -OCH3 is 2. The van der Waals surface area contributed by atoms with Crippen molar-refractivity contribution in [3.8, 4) is 17.2 Å². The molecular weight excluding hydrogens is 440 g/mol. The molecule has 0 saturated carbocycles. The van der Waals surface area contributed by atoms with Crippen molar-refractivity contribution in [2.24, 2.45) is 0 Å². The SMILES string of the molecule is COc1ccc(C(=O)NNC(=O)C(C)Oc2ccc(Cl)cc2Br)cc1OC. The molecule has 0 aliphatic rings. The molecule has 0 saturated heterocycles. The van der Waals surface area contributed by atoms with E-state index in [0.717, 1.165) is 0 Å². The molecule has 0 bridgehead atoms. The van der Waals surface area contributed by atoms with Gasteiger partial charge in [0.25, 0.3) is 11.8 Å². The third-order valence-electron chi connectivity index (χ3n) is 3.51. The molecular formula is C18H18BrClN2O5. The monoisotopic (exact) mass is 456 g/mol. The van der Waals surface area contributed by atoms with Crippen LogP contribution in [0.2, 0.25) is 5.02 Å². The molecule has 2 aromatic rings. The number of carbonyl (C=O) groups excluding carboxylic acids is 2. The average molecular weight is 458 g/mol. The van der Waals surface area contributed by atoms with Gasteiger partial charge in [0, 0.05) is 10.6 Å². The number of hydrogen-bond acceptors (Lipinski definition) is 5. The Labute approximate surface area is 170 Å². The minimum atomic E-state index is -0.854. The standard InChI is InChI=1S/C18H18BrClN2O5/c1-10(27-14-7-5-12(20)9-13(14)19)17(23)21-22-18(24)11-4-6-15(25-2)16(8-11)26-3/h4-10H,1-3H3,(H,21,23)(H,22,24). The summed E-state index contributed by atoms with van der Waals surface area (Å²) in [4.78, 5) is 24.4. The molecule has 0 fully saturated rings. The third kappa shape index (κ3) is 5.51. The summed E-state index contributed by atoms with van der Waals surface area (Å²) in [7, 11) is 2.97. The number of ether oxygens (including phenoxy) is 3. The molecule has 2 rings (SSSR count). The van der Waals surface area contributed by atoms with Crippen molar-refractivity contribution in [2.45, 2.75) is 13.0 Å². The van der Waals surface area contributed by atoms with Gasteiger partial charge in [-0.05, 0) is 59.3 Å². The van der Waals surface area contributed by atoms with Gasteiger partial charge in [0.1, 0.15) is 5.75 Å². The first-order chi connectivity index (χ1) is 12.8. The molecule has 0 spiro atoms. The first-order valence-electron chi connectivity index (χ1n) is 7.79. The van der Waals surface area contributed by atoms with Crippen LogP contribution in [0.1, 0.15) is 17.3 Å². The molecule has 27 heavy (non-hydrogen) atoms. The van der Waals surface area contributed by atoms with Gasteiger partial charge in [-0.2, -0.15) is 0 Å². The Bertz CT molecular complexity index is 846. The van der Waals surface area contributed by atoms with E-state index in [9.17, 15) is 9.59 Å². The van der Waals surface area contributed by atoms with E-state index in [2.05, 4.69) is 26.8 Å². The van der Waals surface area contributed by atoms with Crippen LogP contribution in [0.25, 0.3) is 0 Å². The summed E-state index contributed by atoms with van der Waals surface area (Å²) in [6.07, 6.45) is -0.854. The lowest BCUT2D eigenvalue weighted by atomic mass is 10.2. The average Bonchev–Trinajstić information content (AvgIpc) is 2.67. The molecule has 0 aromatic heterocycles. The van der Waals surface area contributed by atoms with Gasteiger partial charge in [0.2, 0.25) is 0 Å². The molecule has 0 heterocycles. The van der Waals surface area contributed by atoms with Crippen LogP contribution < -0.4 is 25.1 Å². The predicted octanol–water partition coefficient (Wildman–Crippen LogP) is 3.35. The van der Waals surface area contributed by atoms with Crippen LogP contribution in [0.3, 0.4) is 0 Å². The van der Waals surface area contributed by atoms with Crippen molar-refractivity contribution < 1.29 is 23.8 Å². The van der Waals surface area contributed by atoms with Crippen LogP contribution in [0.5, 0.6) is 17.2 Å². The summed E-state index contributed by atoms with van der Waals surface area (Å²) >= 11 is 9.18. The topological polar surface area (TPSA) is 85.9 Å². The molecule has 9 heteroatoms. The van der Waals surface area contributed by atoms with Gasteiger partial charge in [-0.25, -0.2) is 0 Å². The van der Waals surface area contributed by atoms with Gasteiger partial charge in [-0.15, -0.1) is 0 Å². The Morgan fingerprint density at radius 2 is 1.67 bits per heavy atom. The summed E-state index contributed by atoms with van der Waals surface area (Å²) in [5, 5.41) is 0.536. The molecule has 2 amide bonds. The molecule has 144 valence electrons. The number of halogens is 2. The minimum absolute atomic E-state index is 0.293. The quantitative estimate of drug-likeness (QED) is 0.650. The number of rotatable bonds is 6. The first kappa shape index (κ1) is 20.9. The lowest BCUT2D eigenvalue weighted by Crippen LogP contribution is -2.47. The van der Waals surface area contributed by atoms with E-state index in [1.807, 2.05) is 0 Å². The summed E-state index contributed by atoms with van der Waals surface area (Å²) in [5.41, 5.74) is 4.94. The number of hydrogen-bond donors (Lipinski definition) is 2. The third-order valence-corrected chi connectivity index (χ3v) is 4.37. The highest BCUT2D eigenvalue weighted by atomic mass is 79.9. The Balaban J connectivity index is 1.95.